The van der Waals surface area contributed by atoms with Gasteiger partial charge in [-0.3, -0.25) is 0 Å². The summed E-state index contributed by atoms with van der Waals surface area (Å²) in [4.78, 5) is 0. The molecule has 0 amide bonds. The van der Waals surface area contributed by atoms with Crippen LogP contribution in [0.25, 0.3) is 23.3 Å². The van der Waals surface area contributed by atoms with Gasteiger partial charge in [-0.1, -0.05) is 115 Å². The van der Waals surface area contributed by atoms with Crippen molar-refractivity contribution in [2.45, 2.75) is 27.2 Å². The molecular formula is C30H30. The molecule has 0 aliphatic carbocycles. The predicted molar refractivity (Wildman–Crippen MR) is 133 cm³/mol. The number of benzene rings is 3. The van der Waals surface area contributed by atoms with Gasteiger partial charge >= 0.3 is 0 Å². The molecule has 0 nitrogen and oxygen atoms in total. The topological polar surface area (TPSA) is 0 Å². The summed E-state index contributed by atoms with van der Waals surface area (Å²) in [7, 11) is 0. The molecule has 0 fully saturated rings. The normalized spacial score (nSPS) is 12.7. The highest BCUT2D eigenvalue weighted by Crippen LogP contribution is 2.24. The van der Waals surface area contributed by atoms with Gasteiger partial charge in [0, 0.05) is 0 Å². The lowest BCUT2D eigenvalue weighted by Crippen LogP contribution is -2.23. The summed E-state index contributed by atoms with van der Waals surface area (Å²) in [6.07, 6.45) is 11.7. The van der Waals surface area contributed by atoms with Gasteiger partial charge in [-0.2, -0.15) is 0 Å². The first kappa shape index (κ1) is 21.3. The molecule has 0 bridgehead atoms. The molecule has 0 saturated heterocycles. The molecule has 0 radical (unpaired) electrons. The second-order valence-electron chi connectivity index (χ2n) is 7.82. The summed E-state index contributed by atoms with van der Waals surface area (Å²) in [6, 6.07) is 25.9. The number of allylic oxidation sites excluding steroid dienone is 5. The maximum absolute atomic E-state index is 3.97. The Balaban J connectivity index is 2.05. The van der Waals surface area contributed by atoms with Crippen molar-refractivity contribution in [2.24, 2.45) is 0 Å². The molecule has 3 aromatic carbocycles. The van der Waals surface area contributed by atoms with E-state index in [-0.39, 0.29) is 0 Å². The third-order valence-corrected chi connectivity index (χ3v) is 5.08. The van der Waals surface area contributed by atoms with E-state index in [9.17, 15) is 0 Å². The lowest BCUT2D eigenvalue weighted by molar-refractivity contribution is 1.32. The van der Waals surface area contributed by atoms with Gasteiger partial charge in [-0.15, -0.1) is 0 Å². The second-order valence-corrected chi connectivity index (χ2v) is 7.82. The van der Waals surface area contributed by atoms with Crippen molar-refractivity contribution in [3.63, 3.8) is 0 Å². The quantitative estimate of drug-likeness (QED) is 0.409. The van der Waals surface area contributed by atoms with E-state index in [1.54, 1.807) is 0 Å². The van der Waals surface area contributed by atoms with Gasteiger partial charge in [0.25, 0.3) is 0 Å². The highest BCUT2D eigenvalue weighted by Gasteiger charge is 2.02. The first-order valence-electron chi connectivity index (χ1n) is 10.5. The van der Waals surface area contributed by atoms with Gasteiger partial charge in [0.1, 0.15) is 0 Å². The fourth-order valence-electron chi connectivity index (χ4n) is 3.34. The van der Waals surface area contributed by atoms with Crippen molar-refractivity contribution in [1.82, 2.24) is 0 Å². The average molecular weight is 391 g/mol. The number of hydrogen-bond donors (Lipinski definition) is 0. The van der Waals surface area contributed by atoms with Crippen LogP contribution >= 0.6 is 0 Å². The molecule has 3 aromatic rings. The summed E-state index contributed by atoms with van der Waals surface area (Å²) < 4.78 is 0. The molecule has 30 heavy (non-hydrogen) atoms. The minimum absolute atomic E-state index is 0.859. The van der Waals surface area contributed by atoms with Crippen molar-refractivity contribution in [1.29, 1.82) is 0 Å². The van der Waals surface area contributed by atoms with E-state index in [0.717, 1.165) is 6.42 Å². The van der Waals surface area contributed by atoms with Crippen LogP contribution in [0.3, 0.4) is 0 Å². The summed E-state index contributed by atoms with van der Waals surface area (Å²) in [5, 5.41) is 2.46. The van der Waals surface area contributed by atoms with Crippen LogP contribution in [0.4, 0.5) is 0 Å². The van der Waals surface area contributed by atoms with E-state index in [1.807, 2.05) is 6.08 Å². The zero-order chi connectivity index (χ0) is 21.3. The van der Waals surface area contributed by atoms with E-state index in [4.69, 9.17) is 0 Å². The first-order valence-corrected chi connectivity index (χ1v) is 10.5. The van der Waals surface area contributed by atoms with E-state index < -0.39 is 0 Å². The van der Waals surface area contributed by atoms with E-state index >= 15 is 0 Å². The summed E-state index contributed by atoms with van der Waals surface area (Å²) >= 11 is 0. The Morgan fingerprint density at radius 3 is 2.17 bits per heavy atom. The third-order valence-electron chi connectivity index (χ3n) is 5.08. The van der Waals surface area contributed by atoms with Gasteiger partial charge in [0.2, 0.25) is 0 Å². The fraction of sp³-hybridized carbons (Fsp3) is 0.133. The summed E-state index contributed by atoms with van der Waals surface area (Å²) in [5.41, 5.74) is 7.50. The van der Waals surface area contributed by atoms with Crippen molar-refractivity contribution in [3.05, 3.63) is 130 Å². The van der Waals surface area contributed by atoms with E-state index in [1.165, 1.54) is 43.8 Å². The SMILES string of the molecule is C=C/C(=C\C=C(C)C)C/C=c1\cccc\c1=C\c1ccccc1-c1ccc(C)cc1. The second kappa shape index (κ2) is 10.4. The molecule has 0 unspecified atom stereocenters. The van der Waals surface area contributed by atoms with Crippen LogP contribution in [0, 0.1) is 6.92 Å². The maximum Gasteiger partial charge on any atom is -0.00884 e. The van der Waals surface area contributed by atoms with Crippen molar-refractivity contribution >= 4 is 12.2 Å². The lowest BCUT2D eigenvalue weighted by atomic mass is 9.98. The van der Waals surface area contributed by atoms with Crippen molar-refractivity contribution < 1.29 is 0 Å². The van der Waals surface area contributed by atoms with Crippen LogP contribution in [0.5, 0.6) is 0 Å². The Kier molecular flexibility index (Phi) is 7.40. The largest absolute Gasteiger partial charge is 0.0988 e. The number of rotatable bonds is 6. The summed E-state index contributed by atoms with van der Waals surface area (Å²) in [5.74, 6) is 0. The molecular weight excluding hydrogens is 360 g/mol. The zero-order valence-electron chi connectivity index (χ0n) is 18.2. The molecule has 0 aromatic heterocycles. The van der Waals surface area contributed by atoms with Crippen molar-refractivity contribution in [2.75, 3.05) is 0 Å². The molecule has 0 heteroatoms. The van der Waals surface area contributed by atoms with Crippen LogP contribution in [0.2, 0.25) is 0 Å². The molecule has 3 rings (SSSR count). The van der Waals surface area contributed by atoms with Crippen molar-refractivity contribution in [3.8, 4) is 11.1 Å². The Hall–Kier alpha value is -3.38. The van der Waals surface area contributed by atoms with E-state index in [0.29, 0.717) is 0 Å². The van der Waals surface area contributed by atoms with Gasteiger partial charge < -0.3 is 0 Å². The number of aryl methyl sites for hydroxylation is 1. The molecule has 0 atom stereocenters. The Morgan fingerprint density at radius 2 is 1.47 bits per heavy atom. The minimum atomic E-state index is 0.859. The highest BCUT2D eigenvalue weighted by molar-refractivity contribution is 5.75. The monoisotopic (exact) mass is 390 g/mol. The smallest absolute Gasteiger partial charge is 0.00884 e. The average Bonchev–Trinajstić information content (AvgIpc) is 2.76. The third kappa shape index (κ3) is 5.81. The molecule has 0 aliphatic heterocycles. The molecule has 0 spiro atoms. The highest BCUT2D eigenvalue weighted by atomic mass is 14.1. The van der Waals surface area contributed by atoms with Crippen LogP contribution < -0.4 is 10.4 Å². The number of hydrogen-bond acceptors (Lipinski definition) is 0. The van der Waals surface area contributed by atoms with E-state index in [2.05, 4.69) is 124 Å². The van der Waals surface area contributed by atoms with Crippen LogP contribution in [-0.2, 0) is 0 Å². The van der Waals surface area contributed by atoms with Gasteiger partial charge in [-0.25, -0.2) is 0 Å². The van der Waals surface area contributed by atoms with Crippen LogP contribution in [0.15, 0.2) is 109 Å². The Morgan fingerprint density at radius 1 is 0.800 bits per heavy atom. The van der Waals surface area contributed by atoms with Crippen LogP contribution in [-0.4, -0.2) is 0 Å². The Labute approximate surface area is 180 Å². The molecule has 0 heterocycles. The predicted octanol–water partition coefficient (Wildman–Crippen LogP) is 6.74. The Bertz CT molecular complexity index is 1180. The summed E-state index contributed by atoms with van der Waals surface area (Å²) in [6.45, 7) is 10.3. The first-order chi connectivity index (χ1) is 14.6. The zero-order valence-corrected chi connectivity index (χ0v) is 18.2. The lowest BCUT2D eigenvalue weighted by Gasteiger charge is -2.07. The van der Waals surface area contributed by atoms with Gasteiger partial charge in [0.15, 0.2) is 0 Å². The fourth-order valence-corrected chi connectivity index (χ4v) is 3.34. The molecule has 0 N–H and O–H groups in total. The molecule has 150 valence electrons. The minimum Gasteiger partial charge on any atom is -0.0988 e. The standard InChI is InChI=1S/C30H30/c1-5-25(17-14-23(2)3)18-21-26-10-6-7-11-28(26)22-29-12-8-9-13-30(29)27-19-15-24(4)16-20-27/h5-17,19-22H,1,18H2,2-4H3/b25-17+,26-21+,28-22-. The molecule has 0 saturated carbocycles. The van der Waals surface area contributed by atoms with Gasteiger partial charge in [0.05, 0.1) is 0 Å². The molecule has 0 aliphatic rings. The van der Waals surface area contributed by atoms with Gasteiger partial charge in [-0.05, 0) is 66.0 Å². The van der Waals surface area contributed by atoms with Crippen LogP contribution in [0.1, 0.15) is 31.4 Å². The maximum atomic E-state index is 3.97.